The first-order valence-electron chi connectivity index (χ1n) is 7.48. The Labute approximate surface area is 149 Å². The van der Waals surface area contributed by atoms with Gasteiger partial charge in [-0.1, -0.05) is 11.6 Å². The number of rotatable bonds is 4. The molecule has 1 heterocycles. The molecule has 2 aromatic rings. The molecule has 0 saturated heterocycles. The number of alkyl halides is 1. The normalized spacial score (nSPS) is 16.7. The topological polar surface area (TPSA) is 76.4 Å². The number of carboxylic acids is 1. The Morgan fingerprint density at radius 2 is 2.00 bits per heavy atom. The number of allylic oxidation sites excluding steroid dienone is 1. The first-order valence-corrected chi connectivity index (χ1v) is 9.34. The molecule has 25 heavy (non-hydrogen) atoms. The molecule has 1 N–H and O–H groups in total. The lowest BCUT2D eigenvalue weighted by Crippen LogP contribution is -2.14. The predicted octanol–water partition coefficient (Wildman–Crippen LogP) is 3.27. The molecule has 0 fully saturated rings. The van der Waals surface area contributed by atoms with Crippen molar-refractivity contribution in [3.63, 3.8) is 0 Å². The van der Waals surface area contributed by atoms with Crippen LogP contribution in [0.1, 0.15) is 17.0 Å². The molecule has 1 atom stereocenters. The summed E-state index contributed by atoms with van der Waals surface area (Å²) in [5.74, 6) is -1.10. The molecule has 0 radical (unpaired) electrons. The molecule has 0 aliphatic heterocycles. The van der Waals surface area contributed by atoms with Crippen LogP contribution in [0.5, 0.6) is 0 Å². The van der Waals surface area contributed by atoms with E-state index in [2.05, 4.69) is 0 Å². The van der Waals surface area contributed by atoms with Crippen molar-refractivity contribution in [1.29, 1.82) is 0 Å². The second-order valence-corrected chi connectivity index (χ2v) is 8.12. The van der Waals surface area contributed by atoms with E-state index in [1.807, 2.05) is 0 Å². The number of sulfone groups is 1. The van der Waals surface area contributed by atoms with Gasteiger partial charge in [-0.25, -0.2) is 12.8 Å². The highest BCUT2D eigenvalue weighted by atomic mass is 35.5. The second kappa shape index (κ2) is 6.31. The summed E-state index contributed by atoms with van der Waals surface area (Å²) in [6, 6.07) is 5.68. The van der Waals surface area contributed by atoms with Crippen LogP contribution in [0.3, 0.4) is 0 Å². The van der Waals surface area contributed by atoms with Crippen molar-refractivity contribution in [3.05, 3.63) is 52.3 Å². The minimum Gasteiger partial charge on any atom is -0.480 e. The van der Waals surface area contributed by atoms with Gasteiger partial charge in [0.1, 0.15) is 12.7 Å². The largest absolute Gasteiger partial charge is 0.480 e. The van der Waals surface area contributed by atoms with Gasteiger partial charge in [0.2, 0.25) is 9.84 Å². The number of carboxylic acid groups (broad SMARTS) is 1. The summed E-state index contributed by atoms with van der Waals surface area (Å²) in [4.78, 5) is 11.2. The van der Waals surface area contributed by atoms with Crippen molar-refractivity contribution in [1.82, 2.24) is 4.57 Å². The van der Waals surface area contributed by atoms with Crippen LogP contribution >= 0.6 is 11.6 Å². The summed E-state index contributed by atoms with van der Waals surface area (Å²) >= 11 is 5.81. The van der Waals surface area contributed by atoms with Crippen LogP contribution < -0.4 is 0 Å². The first-order chi connectivity index (χ1) is 11.7. The van der Waals surface area contributed by atoms with E-state index in [4.69, 9.17) is 16.7 Å². The van der Waals surface area contributed by atoms with Gasteiger partial charge in [-0.05, 0) is 48.9 Å². The number of nitrogens with zero attached hydrogens (tertiary/aromatic N) is 1. The molecule has 0 bridgehead atoms. The highest BCUT2D eigenvalue weighted by Gasteiger charge is 2.32. The minimum atomic E-state index is -3.94. The molecule has 1 aliphatic rings. The van der Waals surface area contributed by atoms with Crippen LogP contribution in [0.25, 0.3) is 6.08 Å². The maximum atomic E-state index is 13.9. The number of halogens is 2. The van der Waals surface area contributed by atoms with E-state index in [0.29, 0.717) is 16.3 Å². The molecule has 1 aliphatic carbocycles. The molecule has 1 aromatic carbocycles. The Morgan fingerprint density at radius 1 is 1.36 bits per heavy atom. The fourth-order valence-electron chi connectivity index (χ4n) is 3.07. The fraction of sp³-hybridized carbons (Fsp3) is 0.235. The third-order valence-corrected chi connectivity index (χ3v) is 6.38. The lowest BCUT2D eigenvalue weighted by atomic mass is 10.0. The van der Waals surface area contributed by atoms with Gasteiger partial charge < -0.3 is 9.67 Å². The predicted molar refractivity (Wildman–Crippen MR) is 91.3 cm³/mol. The molecule has 0 spiro atoms. The van der Waals surface area contributed by atoms with Gasteiger partial charge in [0.05, 0.1) is 9.79 Å². The number of benzene rings is 1. The lowest BCUT2D eigenvalue weighted by molar-refractivity contribution is -0.137. The summed E-state index contributed by atoms with van der Waals surface area (Å²) in [5, 5.41) is 9.52. The number of carbonyl (C=O) groups is 1. The second-order valence-electron chi connectivity index (χ2n) is 5.79. The number of aliphatic carboxylic acids is 1. The Balaban J connectivity index is 2.25. The number of hydrogen-bond donors (Lipinski definition) is 1. The third kappa shape index (κ3) is 3.09. The van der Waals surface area contributed by atoms with E-state index in [9.17, 15) is 17.6 Å². The Bertz CT molecular complexity index is 977. The van der Waals surface area contributed by atoms with Gasteiger partial charge in [0.25, 0.3) is 0 Å². The van der Waals surface area contributed by atoms with Crippen molar-refractivity contribution >= 4 is 33.5 Å². The summed E-state index contributed by atoms with van der Waals surface area (Å²) in [7, 11) is -3.94. The maximum absolute atomic E-state index is 13.9. The molecule has 1 aromatic heterocycles. The smallest absolute Gasteiger partial charge is 0.323 e. The molecular formula is C17H15ClFNO4S. The third-order valence-electron chi connectivity index (χ3n) is 4.16. The Kier molecular flexibility index (Phi) is 4.47. The lowest BCUT2D eigenvalue weighted by Gasteiger charge is -2.13. The van der Waals surface area contributed by atoms with Crippen molar-refractivity contribution in [2.24, 2.45) is 0 Å². The van der Waals surface area contributed by atoms with Crippen LogP contribution in [0.4, 0.5) is 4.39 Å². The quantitative estimate of drug-likeness (QED) is 0.879. The van der Waals surface area contributed by atoms with Gasteiger partial charge >= 0.3 is 5.97 Å². The van der Waals surface area contributed by atoms with E-state index >= 15 is 0 Å². The van der Waals surface area contributed by atoms with Gasteiger partial charge in [0.15, 0.2) is 0 Å². The van der Waals surface area contributed by atoms with Gasteiger partial charge in [-0.15, -0.1) is 0 Å². The zero-order chi connectivity index (χ0) is 18.4. The molecule has 5 nitrogen and oxygen atoms in total. The van der Waals surface area contributed by atoms with E-state index in [0.717, 1.165) is 0 Å². The zero-order valence-corrected chi connectivity index (χ0v) is 14.8. The maximum Gasteiger partial charge on any atom is 0.323 e. The van der Waals surface area contributed by atoms with E-state index < -0.39 is 28.5 Å². The average Bonchev–Trinajstić information content (AvgIpc) is 2.79. The highest BCUT2D eigenvalue weighted by Crippen LogP contribution is 2.36. The Morgan fingerprint density at radius 3 is 2.60 bits per heavy atom. The molecule has 0 saturated carbocycles. The van der Waals surface area contributed by atoms with Gasteiger partial charge in [-0.2, -0.15) is 0 Å². The van der Waals surface area contributed by atoms with Crippen LogP contribution in [0.2, 0.25) is 5.02 Å². The van der Waals surface area contributed by atoms with Crippen LogP contribution in [-0.2, 0) is 27.6 Å². The molecule has 0 amide bonds. The van der Waals surface area contributed by atoms with Crippen LogP contribution in [-0.4, -0.2) is 30.2 Å². The highest BCUT2D eigenvalue weighted by molar-refractivity contribution is 7.91. The Hall–Kier alpha value is -2.12. The van der Waals surface area contributed by atoms with Crippen LogP contribution in [0.15, 0.2) is 40.1 Å². The standard InChI is InChI=1S/C17H15ClFNO4S/c1-10-17(25(23,24)13-5-2-11(18)3-6-13)14-8-12(19)4-7-15(14)20(10)9-16(21)22/h2-7,12H,8-9H2,1H3,(H,21,22). The molecule has 132 valence electrons. The number of hydrogen-bond acceptors (Lipinski definition) is 3. The summed E-state index contributed by atoms with van der Waals surface area (Å²) < 4.78 is 41.4. The summed E-state index contributed by atoms with van der Waals surface area (Å²) in [6.07, 6.45) is 1.33. The summed E-state index contributed by atoms with van der Waals surface area (Å²) in [5.41, 5.74) is 1.01. The van der Waals surface area contributed by atoms with Crippen molar-refractivity contribution in [2.45, 2.75) is 35.9 Å². The van der Waals surface area contributed by atoms with Crippen LogP contribution in [0, 0.1) is 6.92 Å². The summed E-state index contributed by atoms with van der Waals surface area (Å²) in [6.45, 7) is 1.14. The SMILES string of the molecule is Cc1c(S(=O)(=O)c2ccc(Cl)cc2)c2c(n1CC(=O)O)C=CC(F)C2. The van der Waals surface area contributed by atoms with Crippen molar-refractivity contribution in [2.75, 3.05) is 0 Å². The molecule has 1 unspecified atom stereocenters. The molecule has 8 heteroatoms. The van der Waals surface area contributed by atoms with E-state index in [-0.39, 0.29) is 21.9 Å². The zero-order valence-electron chi connectivity index (χ0n) is 13.2. The van der Waals surface area contributed by atoms with Crippen molar-refractivity contribution in [3.8, 4) is 0 Å². The number of fused-ring (bicyclic) bond motifs is 1. The average molecular weight is 384 g/mol. The van der Waals surface area contributed by atoms with E-state index in [1.165, 1.54) is 47.9 Å². The first kappa shape index (κ1) is 17.7. The molecule has 3 rings (SSSR count). The fourth-order valence-corrected chi connectivity index (χ4v) is 4.94. The molecular weight excluding hydrogens is 369 g/mol. The minimum absolute atomic E-state index is 0.0280. The number of aromatic nitrogens is 1. The van der Waals surface area contributed by atoms with Crippen molar-refractivity contribution < 1.29 is 22.7 Å². The van der Waals surface area contributed by atoms with Gasteiger partial charge in [-0.3, -0.25) is 4.79 Å². The van der Waals surface area contributed by atoms with E-state index in [1.54, 1.807) is 0 Å². The van der Waals surface area contributed by atoms with Gasteiger partial charge in [0, 0.05) is 22.8 Å². The monoisotopic (exact) mass is 383 g/mol.